The van der Waals surface area contributed by atoms with Crippen LogP contribution in [0, 0.1) is 0 Å². The van der Waals surface area contributed by atoms with Gasteiger partial charge in [-0.25, -0.2) is 5.10 Å². The van der Waals surface area contributed by atoms with Gasteiger partial charge in [0.2, 0.25) is 0 Å². The molecule has 1 saturated heterocycles. The van der Waals surface area contributed by atoms with Gasteiger partial charge >= 0.3 is 0 Å². The minimum Gasteiger partial charge on any atom is -0.394 e. The minimum absolute atomic E-state index is 0.246. The van der Waals surface area contributed by atoms with Gasteiger partial charge in [0.25, 0.3) is 5.56 Å². The average molecular weight is 208 g/mol. The number of nitrogens with two attached hydrogens (primary N) is 1. The Kier molecular flexibility index (Phi) is 3.01. The molecular weight excluding hydrogens is 192 g/mol. The van der Waals surface area contributed by atoms with E-state index in [1.165, 1.54) is 19.3 Å². The van der Waals surface area contributed by atoms with E-state index in [0.29, 0.717) is 6.04 Å². The number of rotatable bonds is 2. The summed E-state index contributed by atoms with van der Waals surface area (Å²) in [4.78, 5) is 11.0. The fourth-order valence-electron chi connectivity index (χ4n) is 1.92. The van der Waals surface area contributed by atoms with Crippen LogP contribution in [-0.2, 0) is 6.42 Å². The van der Waals surface area contributed by atoms with Crippen LogP contribution in [0.15, 0.2) is 10.9 Å². The number of anilines is 1. The first-order valence-corrected chi connectivity index (χ1v) is 5.33. The predicted molar refractivity (Wildman–Crippen MR) is 58.6 cm³/mol. The zero-order valence-corrected chi connectivity index (χ0v) is 8.62. The van der Waals surface area contributed by atoms with E-state index in [9.17, 15) is 4.79 Å². The summed E-state index contributed by atoms with van der Waals surface area (Å²) in [6.07, 6.45) is 4.51. The third-order valence-electron chi connectivity index (χ3n) is 2.75. The first-order valence-electron chi connectivity index (χ1n) is 5.33. The highest BCUT2D eigenvalue weighted by Gasteiger charge is 2.14. The smallest absolute Gasteiger partial charge is 0.287 e. The van der Waals surface area contributed by atoms with E-state index >= 15 is 0 Å². The molecular formula is C10H16N4O. The summed E-state index contributed by atoms with van der Waals surface area (Å²) in [6, 6.07) is 2.13. The van der Waals surface area contributed by atoms with Gasteiger partial charge in [-0.2, -0.15) is 5.10 Å². The Labute approximate surface area is 88.1 Å². The highest BCUT2D eigenvalue weighted by atomic mass is 16.1. The number of aromatic amines is 1. The van der Waals surface area contributed by atoms with E-state index in [4.69, 9.17) is 5.73 Å². The van der Waals surface area contributed by atoms with Crippen LogP contribution in [0.5, 0.6) is 0 Å². The average Bonchev–Trinajstić information content (AvgIpc) is 2.25. The Morgan fingerprint density at radius 2 is 2.40 bits per heavy atom. The van der Waals surface area contributed by atoms with Gasteiger partial charge in [-0.3, -0.25) is 4.79 Å². The molecule has 1 aliphatic heterocycles. The normalized spacial score (nSPS) is 21.5. The van der Waals surface area contributed by atoms with Crippen LogP contribution in [0.3, 0.4) is 0 Å². The Morgan fingerprint density at radius 1 is 1.53 bits per heavy atom. The highest BCUT2D eigenvalue weighted by Crippen LogP contribution is 2.11. The molecule has 0 bridgehead atoms. The number of aromatic nitrogens is 2. The van der Waals surface area contributed by atoms with E-state index in [1.807, 2.05) is 0 Å². The van der Waals surface area contributed by atoms with Crippen LogP contribution >= 0.6 is 0 Å². The summed E-state index contributed by atoms with van der Waals surface area (Å²) in [5.74, 6) is 0. The molecule has 0 amide bonds. The van der Waals surface area contributed by atoms with E-state index in [2.05, 4.69) is 15.5 Å². The Hall–Kier alpha value is -1.36. The molecule has 82 valence electrons. The SMILES string of the molecule is Nc1cc(CC2CCCCN2)n[nH]c1=O. The van der Waals surface area contributed by atoms with Crippen LogP contribution in [-0.4, -0.2) is 22.8 Å². The molecule has 0 aliphatic carbocycles. The molecule has 0 spiro atoms. The molecule has 0 aromatic carbocycles. The van der Waals surface area contributed by atoms with Crippen molar-refractivity contribution in [1.29, 1.82) is 0 Å². The second-order valence-electron chi connectivity index (χ2n) is 3.99. The van der Waals surface area contributed by atoms with E-state index in [0.717, 1.165) is 18.7 Å². The van der Waals surface area contributed by atoms with Crippen molar-refractivity contribution in [2.24, 2.45) is 0 Å². The maximum Gasteiger partial charge on any atom is 0.287 e. The van der Waals surface area contributed by atoms with E-state index in [-0.39, 0.29) is 11.2 Å². The van der Waals surface area contributed by atoms with E-state index < -0.39 is 0 Å². The fourth-order valence-corrected chi connectivity index (χ4v) is 1.92. The zero-order valence-electron chi connectivity index (χ0n) is 8.62. The lowest BCUT2D eigenvalue weighted by Gasteiger charge is -2.22. The topological polar surface area (TPSA) is 83.8 Å². The standard InChI is InChI=1S/C10H16N4O/c11-9-6-8(13-14-10(9)15)5-7-3-1-2-4-12-7/h6-7,12H,1-5H2,(H2,11,13)(H,14,15). The second-order valence-corrected chi connectivity index (χ2v) is 3.99. The minimum atomic E-state index is -0.310. The molecule has 4 N–H and O–H groups in total. The largest absolute Gasteiger partial charge is 0.394 e. The Bertz CT molecular complexity index is 381. The first-order chi connectivity index (χ1) is 7.25. The van der Waals surface area contributed by atoms with Crippen molar-refractivity contribution in [2.75, 3.05) is 12.3 Å². The third-order valence-corrected chi connectivity index (χ3v) is 2.75. The van der Waals surface area contributed by atoms with Gasteiger partial charge in [0.05, 0.1) is 5.69 Å². The van der Waals surface area contributed by atoms with Crippen LogP contribution in [0.25, 0.3) is 0 Å². The molecule has 1 unspecified atom stereocenters. The molecule has 1 atom stereocenters. The summed E-state index contributed by atoms with van der Waals surface area (Å²) < 4.78 is 0. The lowest BCUT2D eigenvalue weighted by molar-refractivity contribution is 0.396. The molecule has 2 heterocycles. The van der Waals surface area contributed by atoms with Crippen LogP contribution < -0.4 is 16.6 Å². The van der Waals surface area contributed by atoms with Crippen molar-refractivity contribution in [3.8, 4) is 0 Å². The monoisotopic (exact) mass is 208 g/mol. The number of nitrogens with one attached hydrogen (secondary N) is 2. The van der Waals surface area contributed by atoms with Crippen LogP contribution in [0.2, 0.25) is 0 Å². The molecule has 1 fully saturated rings. The molecule has 0 radical (unpaired) electrons. The maximum absolute atomic E-state index is 11.0. The molecule has 5 nitrogen and oxygen atoms in total. The number of nitrogens with zero attached hydrogens (tertiary/aromatic N) is 1. The fraction of sp³-hybridized carbons (Fsp3) is 0.600. The second kappa shape index (κ2) is 4.44. The maximum atomic E-state index is 11.0. The van der Waals surface area contributed by atoms with Crippen molar-refractivity contribution >= 4 is 5.69 Å². The Balaban J connectivity index is 2.03. The molecule has 1 aromatic rings. The number of piperidine rings is 1. The van der Waals surface area contributed by atoms with Crippen molar-refractivity contribution in [3.63, 3.8) is 0 Å². The van der Waals surface area contributed by atoms with Crippen LogP contribution in [0.4, 0.5) is 5.69 Å². The number of nitrogen functional groups attached to an aromatic ring is 1. The molecule has 15 heavy (non-hydrogen) atoms. The van der Waals surface area contributed by atoms with Crippen molar-refractivity contribution in [1.82, 2.24) is 15.5 Å². The number of H-pyrrole nitrogens is 1. The van der Waals surface area contributed by atoms with Crippen LogP contribution in [0.1, 0.15) is 25.0 Å². The molecule has 2 rings (SSSR count). The van der Waals surface area contributed by atoms with Gasteiger partial charge < -0.3 is 11.1 Å². The van der Waals surface area contributed by atoms with Crippen molar-refractivity contribution in [2.45, 2.75) is 31.7 Å². The summed E-state index contributed by atoms with van der Waals surface area (Å²) in [5.41, 5.74) is 6.31. The summed E-state index contributed by atoms with van der Waals surface area (Å²) in [7, 11) is 0. The first kappa shape index (κ1) is 10.2. The summed E-state index contributed by atoms with van der Waals surface area (Å²) in [5, 5.41) is 9.80. The zero-order chi connectivity index (χ0) is 10.7. The number of hydrogen-bond acceptors (Lipinski definition) is 4. The summed E-state index contributed by atoms with van der Waals surface area (Å²) in [6.45, 7) is 1.07. The lowest BCUT2D eigenvalue weighted by atomic mass is 10.0. The van der Waals surface area contributed by atoms with Gasteiger partial charge in [0.15, 0.2) is 0 Å². The van der Waals surface area contributed by atoms with Crippen molar-refractivity contribution in [3.05, 3.63) is 22.1 Å². The molecule has 5 heteroatoms. The van der Waals surface area contributed by atoms with E-state index in [1.54, 1.807) is 6.07 Å². The molecule has 1 aliphatic rings. The Morgan fingerprint density at radius 3 is 3.07 bits per heavy atom. The molecule has 0 saturated carbocycles. The van der Waals surface area contributed by atoms with Gasteiger partial charge in [0.1, 0.15) is 5.69 Å². The van der Waals surface area contributed by atoms with Gasteiger partial charge in [-0.05, 0) is 25.5 Å². The van der Waals surface area contributed by atoms with Gasteiger partial charge in [0, 0.05) is 12.5 Å². The van der Waals surface area contributed by atoms with Gasteiger partial charge in [-0.1, -0.05) is 6.42 Å². The lowest BCUT2D eigenvalue weighted by Crippen LogP contribution is -2.36. The molecule has 1 aromatic heterocycles. The number of hydrogen-bond donors (Lipinski definition) is 3. The third kappa shape index (κ3) is 2.56. The van der Waals surface area contributed by atoms with Gasteiger partial charge in [-0.15, -0.1) is 0 Å². The predicted octanol–water partition coefficient (Wildman–Crippen LogP) is 0.0367. The quantitative estimate of drug-likeness (QED) is 0.640. The van der Waals surface area contributed by atoms with Crippen molar-refractivity contribution < 1.29 is 0 Å². The summed E-state index contributed by atoms with van der Waals surface area (Å²) >= 11 is 0. The highest BCUT2D eigenvalue weighted by molar-refractivity contribution is 5.34.